The maximum atomic E-state index is 11.8. The lowest BCUT2D eigenvalue weighted by atomic mass is 10.1. The summed E-state index contributed by atoms with van der Waals surface area (Å²) >= 11 is 0. The van der Waals surface area contributed by atoms with E-state index >= 15 is 0 Å². The lowest BCUT2D eigenvalue weighted by Crippen LogP contribution is -2.33. The van der Waals surface area contributed by atoms with Gasteiger partial charge in [0, 0.05) is 45.5 Å². The van der Waals surface area contributed by atoms with E-state index in [9.17, 15) is 9.59 Å². The lowest BCUT2D eigenvalue weighted by molar-refractivity contribution is -0.128. The Morgan fingerprint density at radius 2 is 2.17 bits per heavy atom. The fraction of sp³-hybridized carbons (Fsp3) is 0.538. The van der Waals surface area contributed by atoms with Gasteiger partial charge in [-0.3, -0.25) is 9.59 Å². The van der Waals surface area contributed by atoms with E-state index < -0.39 is 0 Å². The summed E-state index contributed by atoms with van der Waals surface area (Å²) in [5.74, 6) is -0.114. The van der Waals surface area contributed by atoms with Crippen LogP contribution in [0.4, 0.5) is 0 Å². The van der Waals surface area contributed by atoms with Crippen molar-refractivity contribution in [3.05, 3.63) is 24.5 Å². The van der Waals surface area contributed by atoms with Gasteiger partial charge < -0.3 is 14.8 Å². The Hall–Kier alpha value is -1.78. The van der Waals surface area contributed by atoms with E-state index in [0.717, 1.165) is 13.0 Å². The number of nitrogens with one attached hydrogen (secondary N) is 1. The van der Waals surface area contributed by atoms with Crippen LogP contribution >= 0.6 is 0 Å². The van der Waals surface area contributed by atoms with Crippen molar-refractivity contribution in [3.8, 4) is 0 Å². The van der Waals surface area contributed by atoms with Gasteiger partial charge >= 0.3 is 0 Å². The third kappa shape index (κ3) is 3.12. The number of rotatable bonds is 5. The lowest BCUT2D eigenvalue weighted by Gasteiger charge is -2.11. The first-order valence-corrected chi connectivity index (χ1v) is 6.29. The Bertz CT molecular complexity index is 414. The van der Waals surface area contributed by atoms with Crippen molar-refractivity contribution in [2.75, 3.05) is 20.1 Å². The number of hydrogen-bond acceptors (Lipinski definition) is 2. The van der Waals surface area contributed by atoms with Crippen LogP contribution in [-0.4, -0.2) is 41.4 Å². The first kappa shape index (κ1) is 12.7. The molecule has 1 saturated heterocycles. The zero-order valence-electron chi connectivity index (χ0n) is 10.6. The Labute approximate surface area is 107 Å². The van der Waals surface area contributed by atoms with Crippen molar-refractivity contribution in [3.63, 3.8) is 0 Å². The van der Waals surface area contributed by atoms with Gasteiger partial charge in [-0.15, -0.1) is 0 Å². The molecule has 2 amide bonds. The molecule has 1 atom stereocenters. The minimum atomic E-state index is -0.172. The van der Waals surface area contributed by atoms with Crippen LogP contribution in [0.1, 0.15) is 12.8 Å². The molecule has 5 heteroatoms. The molecule has 0 spiro atoms. The molecular weight excluding hydrogens is 230 g/mol. The molecular formula is C13H19N3O2. The molecule has 1 N–H and O–H groups in total. The third-order valence-electron chi connectivity index (χ3n) is 3.27. The summed E-state index contributed by atoms with van der Waals surface area (Å²) in [5.41, 5.74) is 0. The first-order valence-electron chi connectivity index (χ1n) is 6.29. The first-order chi connectivity index (χ1) is 8.66. The van der Waals surface area contributed by atoms with Crippen LogP contribution in [0.2, 0.25) is 0 Å². The van der Waals surface area contributed by atoms with Crippen molar-refractivity contribution >= 4 is 11.8 Å². The van der Waals surface area contributed by atoms with Gasteiger partial charge in [-0.25, -0.2) is 0 Å². The van der Waals surface area contributed by atoms with Gasteiger partial charge in [-0.1, -0.05) is 0 Å². The molecule has 5 nitrogen and oxygen atoms in total. The SMILES string of the molecule is CN1C[C@H](C(=O)NCCCn2cccc2)CC1=O. The van der Waals surface area contributed by atoms with Crippen LogP contribution in [0.15, 0.2) is 24.5 Å². The summed E-state index contributed by atoms with van der Waals surface area (Å²) < 4.78 is 2.08. The van der Waals surface area contributed by atoms with Crippen molar-refractivity contribution in [2.24, 2.45) is 5.92 Å². The van der Waals surface area contributed by atoms with Gasteiger partial charge in [0.1, 0.15) is 0 Å². The van der Waals surface area contributed by atoms with E-state index in [1.54, 1.807) is 11.9 Å². The largest absolute Gasteiger partial charge is 0.356 e. The van der Waals surface area contributed by atoms with Crippen molar-refractivity contribution in [2.45, 2.75) is 19.4 Å². The summed E-state index contributed by atoms with van der Waals surface area (Å²) in [6, 6.07) is 3.97. The highest BCUT2D eigenvalue weighted by Crippen LogP contribution is 2.15. The number of carbonyl (C=O) groups is 2. The number of aromatic nitrogens is 1. The second kappa shape index (κ2) is 5.71. The number of likely N-dealkylation sites (tertiary alicyclic amines) is 1. The van der Waals surface area contributed by atoms with Gasteiger partial charge in [0.05, 0.1) is 5.92 Å². The van der Waals surface area contributed by atoms with E-state index in [0.29, 0.717) is 19.5 Å². The van der Waals surface area contributed by atoms with Crippen molar-refractivity contribution in [1.82, 2.24) is 14.8 Å². The van der Waals surface area contributed by atoms with Gasteiger partial charge in [0.15, 0.2) is 0 Å². The second-order valence-corrected chi connectivity index (χ2v) is 4.74. The van der Waals surface area contributed by atoms with Crippen LogP contribution < -0.4 is 5.32 Å². The minimum absolute atomic E-state index is 0.000191. The maximum Gasteiger partial charge on any atom is 0.225 e. The molecule has 0 unspecified atom stereocenters. The molecule has 2 heterocycles. The number of amides is 2. The molecule has 0 saturated carbocycles. The average Bonchev–Trinajstić information content (AvgIpc) is 2.96. The Morgan fingerprint density at radius 1 is 1.44 bits per heavy atom. The predicted molar refractivity (Wildman–Crippen MR) is 67.8 cm³/mol. The molecule has 18 heavy (non-hydrogen) atoms. The zero-order chi connectivity index (χ0) is 13.0. The highest BCUT2D eigenvalue weighted by Gasteiger charge is 2.31. The Balaban J connectivity index is 1.65. The Kier molecular flexibility index (Phi) is 4.02. The summed E-state index contributed by atoms with van der Waals surface area (Å²) in [4.78, 5) is 24.7. The van der Waals surface area contributed by atoms with Gasteiger partial charge in [-0.05, 0) is 18.6 Å². The molecule has 0 bridgehead atoms. The van der Waals surface area contributed by atoms with E-state index in [2.05, 4.69) is 9.88 Å². The molecule has 98 valence electrons. The topological polar surface area (TPSA) is 54.3 Å². The molecule has 0 radical (unpaired) electrons. The van der Waals surface area contributed by atoms with Gasteiger partial charge in [0.25, 0.3) is 0 Å². The predicted octanol–water partition coefficient (Wildman–Crippen LogP) is 0.473. The summed E-state index contributed by atoms with van der Waals surface area (Å²) in [6.45, 7) is 2.10. The fourth-order valence-corrected chi connectivity index (χ4v) is 2.18. The van der Waals surface area contributed by atoms with Crippen molar-refractivity contribution in [1.29, 1.82) is 0 Å². The molecule has 1 aliphatic rings. The molecule has 1 aromatic rings. The monoisotopic (exact) mass is 249 g/mol. The Morgan fingerprint density at radius 3 is 2.78 bits per heavy atom. The highest BCUT2D eigenvalue weighted by atomic mass is 16.2. The number of nitrogens with zero attached hydrogens (tertiary/aromatic N) is 2. The van der Waals surface area contributed by atoms with Gasteiger partial charge in [-0.2, -0.15) is 0 Å². The van der Waals surface area contributed by atoms with Crippen LogP contribution in [0.25, 0.3) is 0 Å². The maximum absolute atomic E-state index is 11.8. The second-order valence-electron chi connectivity index (χ2n) is 4.74. The van der Waals surface area contributed by atoms with E-state index in [1.165, 1.54) is 0 Å². The molecule has 2 rings (SSSR count). The molecule has 1 aromatic heterocycles. The van der Waals surface area contributed by atoms with Gasteiger partial charge in [0.2, 0.25) is 11.8 Å². The van der Waals surface area contributed by atoms with Crippen LogP contribution in [0.3, 0.4) is 0 Å². The highest BCUT2D eigenvalue weighted by molar-refractivity contribution is 5.89. The zero-order valence-corrected chi connectivity index (χ0v) is 10.6. The summed E-state index contributed by atoms with van der Waals surface area (Å²) in [5, 5.41) is 2.90. The normalized spacial score (nSPS) is 19.3. The smallest absolute Gasteiger partial charge is 0.225 e. The van der Waals surface area contributed by atoms with E-state index in [1.807, 2.05) is 24.5 Å². The standard InChI is InChI=1S/C13H19N3O2/c1-15-10-11(9-12(15)17)13(18)14-5-4-8-16-6-2-3-7-16/h2-3,6-7,11H,4-5,8-10H2,1H3,(H,14,18)/t11-/m1/s1. The fourth-order valence-electron chi connectivity index (χ4n) is 2.18. The quantitative estimate of drug-likeness (QED) is 0.771. The molecule has 1 aliphatic heterocycles. The van der Waals surface area contributed by atoms with Crippen LogP contribution in [0, 0.1) is 5.92 Å². The number of aryl methyl sites for hydroxylation is 1. The van der Waals surface area contributed by atoms with E-state index in [-0.39, 0.29) is 17.7 Å². The molecule has 1 fully saturated rings. The van der Waals surface area contributed by atoms with E-state index in [4.69, 9.17) is 0 Å². The number of carbonyl (C=O) groups excluding carboxylic acids is 2. The third-order valence-corrected chi connectivity index (χ3v) is 3.27. The van der Waals surface area contributed by atoms with Crippen LogP contribution in [0.5, 0.6) is 0 Å². The number of hydrogen-bond donors (Lipinski definition) is 1. The summed E-state index contributed by atoms with van der Waals surface area (Å²) in [7, 11) is 1.74. The molecule has 0 aliphatic carbocycles. The summed E-state index contributed by atoms with van der Waals surface area (Å²) in [6.07, 6.45) is 5.26. The van der Waals surface area contributed by atoms with Crippen molar-refractivity contribution < 1.29 is 9.59 Å². The minimum Gasteiger partial charge on any atom is -0.356 e. The molecule has 0 aromatic carbocycles. The average molecular weight is 249 g/mol. The van der Waals surface area contributed by atoms with Crippen LogP contribution in [-0.2, 0) is 16.1 Å².